The minimum atomic E-state index is -3.72. The Labute approximate surface area is 156 Å². The predicted octanol–water partition coefficient (Wildman–Crippen LogP) is 2.47. The van der Waals surface area contributed by atoms with E-state index in [0.717, 1.165) is 12.1 Å². The zero-order valence-electron chi connectivity index (χ0n) is 13.8. The van der Waals surface area contributed by atoms with Crippen molar-refractivity contribution in [1.82, 2.24) is 14.6 Å². The first-order valence-electron chi connectivity index (χ1n) is 8.12. The third-order valence-corrected chi connectivity index (χ3v) is 6.15. The van der Waals surface area contributed by atoms with Crippen molar-refractivity contribution in [3.8, 4) is 0 Å². The van der Waals surface area contributed by atoms with Gasteiger partial charge in [-0.1, -0.05) is 12.2 Å². The van der Waals surface area contributed by atoms with E-state index in [9.17, 15) is 17.6 Å². The van der Waals surface area contributed by atoms with Crippen molar-refractivity contribution in [1.29, 1.82) is 0 Å². The van der Waals surface area contributed by atoms with Gasteiger partial charge in [0, 0.05) is 25.3 Å². The lowest BCUT2D eigenvalue weighted by Gasteiger charge is -2.32. The SMILES string of the molecule is O=C(c1ccc[nH]c1=S)N1CCC(NS(=O)(=O)c2ccc(F)cc2)CC1. The Morgan fingerprint density at radius 3 is 2.46 bits per heavy atom. The van der Waals surface area contributed by atoms with Gasteiger partial charge in [0.2, 0.25) is 10.0 Å². The zero-order valence-corrected chi connectivity index (χ0v) is 15.4. The number of likely N-dealkylation sites (tertiary alicyclic amines) is 1. The van der Waals surface area contributed by atoms with Gasteiger partial charge in [0.05, 0.1) is 10.5 Å². The molecule has 6 nitrogen and oxygen atoms in total. The fourth-order valence-electron chi connectivity index (χ4n) is 2.86. The van der Waals surface area contributed by atoms with Crippen molar-refractivity contribution in [2.45, 2.75) is 23.8 Å². The molecule has 3 rings (SSSR count). The molecule has 0 saturated carbocycles. The number of amides is 1. The van der Waals surface area contributed by atoms with Crippen LogP contribution in [-0.2, 0) is 10.0 Å². The van der Waals surface area contributed by atoms with Gasteiger partial charge in [0.25, 0.3) is 5.91 Å². The van der Waals surface area contributed by atoms with E-state index in [0.29, 0.717) is 36.1 Å². The Bertz CT molecular complexity index is 950. The second-order valence-corrected chi connectivity index (χ2v) is 8.18. The summed E-state index contributed by atoms with van der Waals surface area (Å²) in [6.45, 7) is 0.859. The first-order chi connectivity index (χ1) is 12.4. The smallest absolute Gasteiger partial charge is 0.256 e. The Hall–Kier alpha value is -2.10. The standard InChI is InChI=1S/C17H18FN3O3S2/c18-12-3-5-14(6-4-12)26(23,24)20-13-7-10-21(11-8-13)17(22)15-2-1-9-19-16(15)25/h1-6,9,13,20H,7-8,10-11H2,(H,19,25). The third kappa shape index (κ3) is 4.17. The van der Waals surface area contributed by atoms with Crippen molar-refractivity contribution in [2.24, 2.45) is 0 Å². The molecule has 26 heavy (non-hydrogen) atoms. The first-order valence-corrected chi connectivity index (χ1v) is 10.0. The van der Waals surface area contributed by atoms with E-state index >= 15 is 0 Å². The Morgan fingerprint density at radius 1 is 1.19 bits per heavy atom. The molecule has 0 atom stereocenters. The summed E-state index contributed by atoms with van der Waals surface area (Å²) in [7, 11) is -3.72. The minimum absolute atomic E-state index is 0.0213. The largest absolute Gasteiger partial charge is 0.352 e. The summed E-state index contributed by atoms with van der Waals surface area (Å²) in [6, 6.07) is 7.79. The first kappa shape index (κ1) is 18.7. The van der Waals surface area contributed by atoms with E-state index in [1.807, 2.05) is 0 Å². The Kier molecular flexibility index (Phi) is 5.49. The number of H-pyrrole nitrogens is 1. The van der Waals surface area contributed by atoms with Gasteiger partial charge < -0.3 is 9.88 Å². The average molecular weight is 395 g/mol. The van der Waals surface area contributed by atoms with Crippen LogP contribution in [0.3, 0.4) is 0 Å². The number of hydrogen-bond donors (Lipinski definition) is 2. The van der Waals surface area contributed by atoms with Crippen molar-refractivity contribution >= 4 is 28.1 Å². The molecule has 1 aromatic carbocycles. The van der Waals surface area contributed by atoms with Crippen LogP contribution in [0, 0.1) is 10.5 Å². The van der Waals surface area contributed by atoms with E-state index in [4.69, 9.17) is 12.2 Å². The number of hydrogen-bond acceptors (Lipinski definition) is 4. The predicted molar refractivity (Wildman–Crippen MR) is 97.3 cm³/mol. The number of nitrogens with one attached hydrogen (secondary N) is 2. The van der Waals surface area contributed by atoms with E-state index < -0.39 is 15.8 Å². The highest BCUT2D eigenvalue weighted by atomic mass is 32.2. The lowest BCUT2D eigenvalue weighted by atomic mass is 10.1. The highest BCUT2D eigenvalue weighted by Gasteiger charge is 2.27. The summed E-state index contributed by atoms with van der Waals surface area (Å²) in [6.07, 6.45) is 2.65. The molecule has 0 bridgehead atoms. The van der Waals surface area contributed by atoms with Gasteiger partial charge in [-0.15, -0.1) is 0 Å². The molecule has 0 aliphatic carbocycles. The highest BCUT2D eigenvalue weighted by Crippen LogP contribution is 2.17. The van der Waals surface area contributed by atoms with Crippen LogP contribution in [-0.4, -0.2) is 43.3 Å². The van der Waals surface area contributed by atoms with Gasteiger partial charge in [0.15, 0.2) is 0 Å². The molecule has 138 valence electrons. The molecule has 1 aliphatic rings. The van der Waals surface area contributed by atoms with Gasteiger partial charge in [-0.2, -0.15) is 0 Å². The number of rotatable bonds is 4. The number of aromatic nitrogens is 1. The molecule has 2 N–H and O–H groups in total. The number of aromatic amines is 1. The number of benzene rings is 1. The summed E-state index contributed by atoms with van der Waals surface area (Å²) < 4.78 is 40.7. The number of sulfonamides is 1. The van der Waals surface area contributed by atoms with E-state index in [1.165, 1.54) is 12.1 Å². The Balaban J connectivity index is 1.62. The van der Waals surface area contributed by atoms with Gasteiger partial charge in [-0.3, -0.25) is 4.79 Å². The summed E-state index contributed by atoms with van der Waals surface area (Å²) in [4.78, 5) is 17.1. The molecule has 2 heterocycles. The van der Waals surface area contributed by atoms with Crippen LogP contribution in [0.5, 0.6) is 0 Å². The molecule has 9 heteroatoms. The number of halogens is 1. The van der Waals surface area contributed by atoms with Crippen molar-refractivity contribution in [3.63, 3.8) is 0 Å². The molecular formula is C17H18FN3O3S2. The van der Waals surface area contributed by atoms with Gasteiger partial charge in [0.1, 0.15) is 10.5 Å². The van der Waals surface area contributed by atoms with Crippen molar-refractivity contribution in [2.75, 3.05) is 13.1 Å². The molecule has 1 aromatic heterocycles. The van der Waals surface area contributed by atoms with Gasteiger partial charge in [-0.25, -0.2) is 17.5 Å². The number of pyridine rings is 1. The normalized spacial score (nSPS) is 15.8. The number of piperidine rings is 1. The maximum Gasteiger partial charge on any atom is 0.256 e. The maximum absolute atomic E-state index is 13.0. The van der Waals surface area contributed by atoms with Crippen LogP contribution in [0.15, 0.2) is 47.5 Å². The van der Waals surface area contributed by atoms with Crippen molar-refractivity contribution in [3.05, 3.63) is 58.6 Å². The van der Waals surface area contributed by atoms with Crippen LogP contribution in [0.2, 0.25) is 0 Å². The molecule has 0 spiro atoms. The quantitative estimate of drug-likeness (QED) is 0.779. The zero-order chi connectivity index (χ0) is 18.7. The molecule has 2 aromatic rings. The summed E-state index contributed by atoms with van der Waals surface area (Å²) >= 11 is 5.13. The molecule has 1 fully saturated rings. The fraction of sp³-hybridized carbons (Fsp3) is 0.294. The van der Waals surface area contributed by atoms with Gasteiger partial charge in [-0.05, 0) is 49.2 Å². The fourth-order valence-corrected chi connectivity index (χ4v) is 4.39. The second-order valence-electron chi connectivity index (χ2n) is 6.05. The van der Waals surface area contributed by atoms with Gasteiger partial charge >= 0.3 is 0 Å². The number of carbonyl (C=O) groups excluding carboxylic acids is 1. The third-order valence-electron chi connectivity index (χ3n) is 4.28. The van der Waals surface area contributed by atoms with Crippen LogP contribution in [0.4, 0.5) is 4.39 Å². The molecular weight excluding hydrogens is 377 g/mol. The Morgan fingerprint density at radius 2 is 1.85 bits per heavy atom. The van der Waals surface area contributed by atoms with E-state index in [1.54, 1.807) is 23.2 Å². The van der Waals surface area contributed by atoms with E-state index in [2.05, 4.69) is 9.71 Å². The minimum Gasteiger partial charge on any atom is -0.352 e. The lowest BCUT2D eigenvalue weighted by Crippen LogP contribution is -2.46. The van der Waals surface area contributed by atoms with Crippen LogP contribution >= 0.6 is 12.2 Å². The lowest BCUT2D eigenvalue weighted by molar-refractivity contribution is 0.0710. The second kappa shape index (κ2) is 7.65. The molecule has 0 radical (unpaired) electrons. The van der Waals surface area contributed by atoms with E-state index in [-0.39, 0.29) is 16.8 Å². The summed E-state index contributed by atoms with van der Waals surface area (Å²) in [5.41, 5.74) is 0.438. The van der Waals surface area contributed by atoms with Crippen LogP contribution in [0.25, 0.3) is 0 Å². The van der Waals surface area contributed by atoms with Crippen LogP contribution < -0.4 is 4.72 Å². The monoisotopic (exact) mass is 395 g/mol. The summed E-state index contributed by atoms with van der Waals surface area (Å²) in [5.74, 6) is -0.651. The average Bonchev–Trinajstić information content (AvgIpc) is 2.62. The highest BCUT2D eigenvalue weighted by molar-refractivity contribution is 7.89. The number of carbonyl (C=O) groups is 1. The van der Waals surface area contributed by atoms with Crippen LogP contribution in [0.1, 0.15) is 23.2 Å². The molecule has 1 saturated heterocycles. The summed E-state index contributed by atoms with van der Waals surface area (Å²) in [5, 5.41) is 0. The molecule has 1 aliphatic heterocycles. The van der Waals surface area contributed by atoms with Crippen molar-refractivity contribution < 1.29 is 17.6 Å². The maximum atomic E-state index is 13.0. The molecule has 1 amide bonds. The molecule has 0 unspecified atom stereocenters. The number of nitrogens with zero attached hydrogens (tertiary/aromatic N) is 1. The topological polar surface area (TPSA) is 82.3 Å².